The monoisotopic (exact) mass is 186 g/mol. The van der Waals surface area contributed by atoms with E-state index < -0.39 is 12.0 Å². The van der Waals surface area contributed by atoms with Gasteiger partial charge in [-0.1, -0.05) is 12.7 Å². The van der Waals surface area contributed by atoms with Gasteiger partial charge in [0.2, 0.25) is 5.91 Å². The molecule has 0 aromatic rings. The summed E-state index contributed by atoms with van der Waals surface area (Å²) in [5.41, 5.74) is 5.24. The van der Waals surface area contributed by atoms with Gasteiger partial charge in [-0.3, -0.25) is 9.59 Å². The van der Waals surface area contributed by atoms with Crippen molar-refractivity contribution in [1.29, 1.82) is 0 Å². The molecular formula is C8H14N2O3. The standard InChI is InChI=1S/C8H14N2O3/c1-3-4-13-7(11)5-10-8(12)6(2)9/h3,6H,1,4-5,9H2,2H3,(H,10,12). The summed E-state index contributed by atoms with van der Waals surface area (Å²) in [7, 11) is 0. The number of hydrogen-bond donors (Lipinski definition) is 2. The van der Waals surface area contributed by atoms with Crippen molar-refractivity contribution >= 4 is 11.9 Å². The van der Waals surface area contributed by atoms with E-state index in [4.69, 9.17) is 5.73 Å². The van der Waals surface area contributed by atoms with E-state index in [1.165, 1.54) is 13.0 Å². The van der Waals surface area contributed by atoms with Crippen molar-refractivity contribution in [2.75, 3.05) is 13.2 Å². The lowest BCUT2D eigenvalue weighted by atomic mass is 10.3. The molecule has 3 N–H and O–H groups in total. The number of hydrogen-bond acceptors (Lipinski definition) is 4. The van der Waals surface area contributed by atoms with Crippen LogP contribution in [-0.2, 0) is 14.3 Å². The molecule has 0 aliphatic carbocycles. The van der Waals surface area contributed by atoms with Crippen molar-refractivity contribution in [1.82, 2.24) is 5.32 Å². The van der Waals surface area contributed by atoms with E-state index in [-0.39, 0.29) is 19.1 Å². The Labute approximate surface area is 76.9 Å². The van der Waals surface area contributed by atoms with Gasteiger partial charge in [-0.2, -0.15) is 0 Å². The summed E-state index contributed by atoms with van der Waals surface area (Å²) >= 11 is 0. The molecular weight excluding hydrogens is 172 g/mol. The van der Waals surface area contributed by atoms with E-state index in [0.29, 0.717) is 0 Å². The minimum absolute atomic E-state index is 0.146. The lowest BCUT2D eigenvalue weighted by Gasteiger charge is -2.06. The zero-order valence-corrected chi connectivity index (χ0v) is 7.58. The van der Waals surface area contributed by atoms with Crippen LogP contribution >= 0.6 is 0 Å². The molecule has 0 aromatic carbocycles. The van der Waals surface area contributed by atoms with Gasteiger partial charge in [-0.15, -0.1) is 0 Å². The number of amides is 1. The Bertz CT molecular complexity index is 202. The molecule has 0 radical (unpaired) electrons. The Balaban J connectivity index is 3.57. The lowest BCUT2D eigenvalue weighted by molar-refractivity contribution is -0.142. The third-order valence-corrected chi connectivity index (χ3v) is 1.18. The zero-order chi connectivity index (χ0) is 10.3. The molecule has 0 aliphatic rings. The van der Waals surface area contributed by atoms with E-state index in [0.717, 1.165) is 0 Å². The average Bonchev–Trinajstić information content (AvgIpc) is 2.10. The fraction of sp³-hybridized carbons (Fsp3) is 0.500. The van der Waals surface area contributed by atoms with Crippen LogP contribution in [0.1, 0.15) is 6.92 Å². The van der Waals surface area contributed by atoms with Gasteiger partial charge in [0.25, 0.3) is 0 Å². The van der Waals surface area contributed by atoms with Crippen molar-refractivity contribution in [2.24, 2.45) is 5.73 Å². The molecule has 13 heavy (non-hydrogen) atoms. The third kappa shape index (κ3) is 5.86. The Kier molecular flexibility index (Phi) is 5.54. The van der Waals surface area contributed by atoms with Crippen LogP contribution in [0.15, 0.2) is 12.7 Å². The van der Waals surface area contributed by atoms with Crippen LogP contribution < -0.4 is 11.1 Å². The maximum absolute atomic E-state index is 10.9. The quantitative estimate of drug-likeness (QED) is 0.434. The summed E-state index contributed by atoms with van der Waals surface area (Å²) in [5, 5.41) is 2.32. The molecule has 0 heterocycles. The van der Waals surface area contributed by atoms with Crippen molar-refractivity contribution in [2.45, 2.75) is 13.0 Å². The van der Waals surface area contributed by atoms with Crippen LogP contribution in [0.3, 0.4) is 0 Å². The largest absolute Gasteiger partial charge is 0.460 e. The molecule has 0 bridgehead atoms. The van der Waals surface area contributed by atoms with Crippen molar-refractivity contribution in [3.8, 4) is 0 Å². The number of carbonyl (C=O) groups excluding carboxylic acids is 2. The predicted molar refractivity (Wildman–Crippen MR) is 47.8 cm³/mol. The Hall–Kier alpha value is -1.36. The molecule has 74 valence electrons. The minimum atomic E-state index is -0.618. The summed E-state index contributed by atoms with van der Waals surface area (Å²) in [5.74, 6) is -0.885. The summed E-state index contributed by atoms with van der Waals surface area (Å²) < 4.78 is 4.61. The first-order valence-corrected chi connectivity index (χ1v) is 3.87. The highest BCUT2D eigenvalue weighted by Crippen LogP contribution is 1.79. The number of ether oxygens (including phenoxy) is 1. The van der Waals surface area contributed by atoms with Gasteiger partial charge in [0.15, 0.2) is 0 Å². The van der Waals surface area contributed by atoms with Crippen LogP contribution in [0.5, 0.6) is 0 Å². The van der Waals surface area contributed by atoms with Crippen LogP contribution in [-0.4, -0.2) is 31.1 Å². The number of carbonyl (C=O) groups is 2. The summed E-state index contributed by atoms with van der Waals surface area (Å²) in [6.07, 6.45) is 1.45. The number of nitrogens with two attached hydrogens (primary N) is 1. The molecule has 0 saturated heterocycles. The van der Waals surface area contributed by atoms with E-state index in [1.807, 2.05) is 0 Å². The predicted octanol–water partition coefficient (Wildman–Crippen LogP) is -0.821. The Morgan fingerprint density at radius 2 is 2.31 bits per heavy atom. The van der Waals surface area contributed by atoms with Crippen LogP contribution in [0.2, 0.25) is 0 Å². The number of nitrogens with one attached hydrogen (secondary N) is 1. The summed E-state index contributed by atoms with van der Waals surface area (Å²) in [6.45, 7) is 4.89. The Morgan fingerprint density at radius 3 is 2.77 bits per heavy atom. The van der Waals surface area contributed by atoms with Gasteiger partial charge in [0, 0.05) is 0 Å². The third-order valence-electron chi connectivity index (χ3n) is 1.18. The average molecular weight is 186 g/mol. The highest BCUT2D eigenvalue weighted by molar-refractivity contribution is 5.85. The molecule has 0 rings (SSSR count). The van der Waals surface area contributed by atoms with E-state index >= 15 is 0 Å². The zero-order valence-electron chi connectivity index (χ0n) is 7.58. The fourth-order valence-corrected chi connectivity index (χ4v) is 0.523. The molecule has 1 atom stereocenters. The number of esters is 1. The molecule has 1 amide bonds. The molecule has 1 unspecified atom stereocenters. The van der Waals surface area contributed by atoms with E-state index in [2.05, 4.69) is 16.6 Å². The van der Waals surface area contributed by atoms with E-state index in [9.17, 15) is 9.59 Å². The van der Waals surface area contributed by atoms with Crippen LogP contribution in [0.4, 0.5) is 0 Å². The van der Waals surface area contributed by atoms with Gasteiger partial charge < -0.3 is 15.8 Å². The molecule has 5 nitrogen and oxygen atoms in total. The van der Waals surface area contributed by atoms with Crippen molar-refractivity contribution in [3.05, 3.63) is 12.7 Å². The van der Waals surface area contributed by atoms with E-state index in [1.54, 1.807) is 0 Å². The van der Waals surface area contributed by atoms with Crippen LogP contribution in [0.25, 0.3) is 0 Å². The number of rotatable bonds is 5. The molecule has 0 saturated carbocycles. The van der Waals surface area contributed by atoms with Crippen molar-refractivity contribution in [3.63, 3.8) is 0 Å². The maximum atomic E-state index is 10.9. The Morgan fingerprint density at radius 1 is 1.69 bits per heavy atom. The second-order valence-corrected chi connectivity index (χ2v) is 2.48. The van der Waals surface area contributed by atoms with Crippen LogP contribution in [0, 0.1) is 0 Å². The fourth-order valence-electron chi connectivity index (χ4n) is 0.523. The van der Waals surface area contributed by atoms with Gasteiger partial charge in [-0.05, 0) is 6.92 Å². The SMILES string of the molecule is C=CCOC(=O)CNC(=O)C(C)N. The van der Waals surface area contributed by atoms with Gasteiger partial charge in [0.1, 0.15) is 13.2 Å². The molecule has 5 heteroatoms. The first-order valence-electron chi connectivity index (χ1n) is 3.87. The lowest BCUT2D eigenvalue weighted by Crippen LogP contribution is -2.41. The normalized spacial score (nSPS) is 11.5. The first kappa shape index (κ1) is 11.6. The topological polar surface area (TPSA) is 81.4 Å². The molecule has 0 aliphatic heterocycles. The second kappa shape index (κ2) is 6.19. The second-order valence-electron chi connectivity index (χ2n) is 2.48. The van der Waals surface area contributed by atoms with Gasteiger partial charge in [-0.25, -0.2) is 0 Å². The molecule has 0 spiro atoms. The summed E-state index contributed by atoms with van der Waals surface area (Å²) in [4.78, 5) is 21.7. The maximum Gasteiger partial charge on any atom is 0.325 e. The summed E-state index contributed by atoms with van der Waals surface area (Å²) in [6, 6.07) is -0.618. The molecule has 0 aromatic heterocycles. The minimum Gasteiger partial charge on any atom is -0.460 e. The van der Waals surface area contributed by atoms with Gasteiger partial charge in [0.05, 0.1) is 6.04 Å². The highest BCUT2D eigenvalue weighted by atomic mass is 16.5. The molecule has 0 fully saturated rings. The van der Waals surface area contributed by atoms with Crippen molar-refractivity contribution < 1.29 is 14.3 Å². The smallest absolute Gasteiger partial charge is 0.325 e. The first-order chi connectivity index (χ1) is 6.07. The highest BCUT2D eigenvalue weighted by Gasteiger charge is 2.08. The van der Waals surface area contributed by atoms with Gasteiger partial charge >= 0.3 is 5.97 Å².